The average Bonchev–Trinajstić information content (AvgIpc) is 2.82. The molecule has 1 rings (SSSR count). The Balaban J connectivity index is 2.76. The Hall–Kier alpha value is -0.500. The quantitative estimate of drug-likeness (QED) is 0.726. The molecule has 0 radical (unpaired) electrons. The van der Waals surface area contributed by atoms with Crippen molar-refractivity contribution in [2.24, 2.45) is 0 Å². The van der Waals surface area contributed by atoms with Crippen molar-refractivity contribution in [1.29, 1.82) is 0 Å². The molecule has 7 heteroatoms. The highest BCUT2D eigenvalue weighted by Crippen LogP contribution is 2.15. The molecule has 20 heavy (non-hydrogen) atoms. The molecule has 1 heterocycles. The highest BCUT2D eigenvalue weighted by atomic mass is 32.2. The van der Waals surface area contributed by atoms with E-state index in [2.05, 4.69) is 17.0 Å². The van der Waals surface area contributed by atoms with Gasteiger partial charge in [-0.1, -0.05) is 6.92 Å². The number of aromatic nitrogens is 1. The van der Waals surface area contributed by atoms with Crippen LogP contribution in [0.3, 0.4) is 0 Å². The molecule has 1 aromatic heterocycles. The number of nitrogens with zero attached hydrogens (tertiary/aromatic N) is 1. The van der Waals surface area contributed by atoms with Gasteiger partial charge in [0.1, 0.15) is 0 Å². The van der Waals surface area contributed by atoms with E-state index < -0.39 is 10.0 Å². The Morgan fingerprint density at radius 3 is 2.70 bits per heavy atom. The summed E-state index contributed by atoms with van der Waals surface area (Å²) in [4.78, 5) is 0.349. The van der Waals surface area contributed by atoms with Gasteiger partial charge in [-0.15, -0.1) is 0 Å². The summed E-state index contributed by atoms with van der Waals surface area (Å²) in [5.74, 6) is 0. The van der Waals surface area contributed by atoms with Crippen LogP contribution in [0.4, 0.5) is 0 Å². The Labute approximate surface area is 126 Å². The average molecular weight is 319 g/mol. The Bertz CT molecular complexity index is 512. The van der Waals surface area contributed by atoms with Gasteiger partial charge < -0.3 is 9.88 Å². The number of rotatable bonds is 9. The van der Waals surface area contributed by atoms with E-state index in [0.29, 0.717) is 23.2 Å². The van der Waals surface area contributed by atoms with E-state index >= 15 is 0 Å². The number of hydrogen-bond acceptors (Lipinski definition) is 4. The standard InChI is InChI=1S/C13H25N3O2S2/c1-5-16-10-13(8-12(16)9-14-3)20(17,18)15-7-6-11(2)19-4/h8,10-11,14-15H,5-7,9H2,1-4H3. The lowest BCUT2D eigenvalue weighted by molar-refractivity contribution is 0.578. The van der Waals surface area contributed by atoms with Crippen LogP contribution >= 0.6 is 11.8 Å². The van der Waals surface area contributed by atoms with Crippen LogP contribution in [0.15, 0.2) is 17.2 Å². The fraction of sp³-hybridized carbons (Fsp3) is 0.692. The van der Waals surface area contributed by atoms with Crippen LogP contribution in [0.5, 0.6) is 0 Å². The molecule has 0 aliphatic heterocycles. The van der Waals surface area contributed by atoms with Gasteiger partial charge in [-0.05, 0) is 32.7 Å². The zero-order valence-electron chi connectivity index (χ0n) is 12.6. The Kier molecular flexibility index (Phi) is 7.08. The van der Waals surface area contributed by atoms with Gasteiger partial charge in [-0.25, -0.2) is 13.1 Å². The minimum atomic E-state index is -3.40. The van der Waals surface area contributed by atoms with Crippen molar-refractivity contribution in [1.82, 2.24) is 14.6 Å². The SMILES string of the molecule is CCn1cc(S(=O)(=O)NCCC(C)SC)cc1CNC. The van der Waals surface area contributed by atoms with Gasteiger partial charge in [0.2, 0.25) is 10.0 Å². The maximum Gasteiger partial charge on any atom is 0.242 e. The smallest absolute Gasteiger partial charge is 0.242 e. The lowest BCUT2D eigenvalue weighted by atomic mass is 10.3. The van der Waals surface area contributed by atoms with E-state index in [1.54, 1.807) is 24.0 Å². The molecule has 1 atom stereocenters. The molecule has 0 aromatic carbocycles. The van der Waals surface area contributed by atoms with E-state index in [1.807, 2.05) is 24.8 Å². The maximum absolute atomic E-state index is 12.2. The summed E-state index contributed by atoms with van der Waals surface area (Å²) in [5, 5.41) is 3.51. The summed E-state index contributed by atoms with van der Waals surface area (Å²) in [6.07, 6.45) is 4.57. The van der Waals surface area contributed by atoms with E-state index in [4.69, 9.17) is 0 Å². The van der Waals surface area contributed by atoms with Crippen LogP contribution in [0, 0.1) is 0 Å². The molecular formula is C13H25N3O2S2. The second-order valence-corrected chi connectivity index (χ2v) is 7.76. The summed E-state index contributed by atoms with van der Waals surface area (Å²) >= 11 is 1.74. The second-order valence-electron chi connectivity index (χ2n) is 4.72. The molecule has 5 nitrogen and oxygen atoms in total. The summed E-state index contributed by atoms with van der Waals surface area (Å²) in [6, 6.07) is 1.74. The molecule has 0 fully saturated rings. The number of sulfonamides is 1. The summed E-state index contributed by atoms with van der Waals surface area (Å²) in [7, 11) is -1.55. The molecule has 0 aliphatic rings. The van der Waals surface area contributed by atoms with Crippen molar-refractivity contribution in [3.05, 3.63) is 18.0 Å². The molecule has 0 spiro atoms. The van der Waals surface area contributed by atoms with Gasteiger partial charge in [0, 0.05) is 36.8 Å². The van der Waals surface area contributed by atoms with Crippen molar-refractivity contribution in [3.8, 4) is 0 Å². The lowest BCUT2D eigenvalue weighted by Crippen LogP contribution is -2.26. The van der Waals surface area contributed by atoms with Crippen molar-refractivity contribution >= 4 is 21.8 Å². The van der Waals surface area contributed by atoms with Crippen molar-refractivity contribution in [3.63, 3.8) is 0 Å². The normalized spacial score (nSPS) is 13.6. The predicted octanol–water partition coefficient (Wildman–Crippen LogP) is 1.65. The first-order valence-electron chi connectivity index (χ1n) is 6.80. The van der Waals surface area contributed by atoms with Crippen molar-refractivity contribution in [2.75, 3.05) is 19.8 Å². The Morgan fingerprint density at radius 1 is 1.45 bits per heavy atom. The van der Waals surface area contributed by atoms with E-state index in [-0.39, 0.29) is 0 Å². The first kappa shape index (κ1) is 17.6. The molecular weight excluding hydrogens is 294 g/mol. The zero-order chi connectivity index (χ0) is 15.2. The highest BCUT2D eigenvalue weighted by molar-refractivity contribution is 7.99. The summed E-state index contributed by atoms with van der Waals surface area (Å²) in [5.41, 5.74) is 0.979. The molecule has 0 amide bonds. The minimum Gasteiger partial charge on any atom is -0.349 e. The van der Waals surface area contributed by atoms with Gasteiger partial charge in [0.15, 0.2) is 0 Å². The largest absolute Gasteiger partial charge is 0.349 e. The predicted molar refractivity (Wildman–Crippen MR) is 85.7 cm³/mol. The molecule has 0 aliphatic carbocycles. The van der Waals surface area contributed by atoms with Gasteiger partial charge in [-0.2, -0.15) is 11.8 Å². The van der Waals surface area contributed by atoms with Crippen LogP contribution in [0.25, 0.3) is 0 Å². The van der Waals surface area contributed by atoms with Gasteiger partial charge in [0.25, 0.3) is 0 Å². The molecule has 1 unspecified atom stereocenters. The van der Waals surface area contributed by atoms with Gasteiger partial charge in [0.05, 0.1) is 4.90 Å². The third-order valence-electron chi connectivity index (χ3n) is 3.22. The van der Waals surface area contributed by atoms with Crippen LogP contribution in [-0.2, 0) is 23.1 Å². The van der Waals surface area contributed by atoms with E-state index in [9.17, 15) is 8.42 Å². The number of aryl methyl sites for hydroxylation is 1. The van der Waals surface area contributed by atoms with E-state index in [1.165, 1.54) is 0 Å². The molecule has 0 saturated heterocycles. The summed E-state index contributed by atoms with van der Waals surface area (Å²) in [6.45, 7) is 5.99. The van der Waals surface area contributed by atoms with Crippen molar-refractivity contribution < 1.29 is 8.42 Å². The van der Waals surface area contributed by atoms with Crippen LogP contribution in [0.2, 0.25) is 0 Å². The third-order valence-corrected chi connectivity index (χ3v) is 5.68. The molecule has 116 valence electrons. The lowest BCUT2D eigenvalue weighted by Gasteiger charge is -2.08. The fourth-order valence-corrected chi connectivity index (χ4v) is 3.36. The zero-order valence-corrected chi connectivity index (χ0v) is 14.3. The molecule has 1 aromatic rings. The number of thioether (sulfide) groups is 1. The van der Waals surface area contributed by atoms with Crippen molar-refractivity contribution in [2.45, 2.75) is 43.5 Å². The van der Waals surface area contributed by atoms with Crippen LogP contribution in [0.1, 0.15) is 26.0 Å². The molecule has 2 N–H and O–H groups in total. The van der Waals surface area contributed by atoms with Gasteiger partial charge in [-0.3, -0.25) is 0 Å². The van der Waals surface area contributed by atoms with Crippen LogP contribution < -0.4 is 10.0 Å². The number of nitrogens with one attached hydrogen (secondary N) is 2. The Morgan fingerprint density at radius 2 is 2.15 bits per heavy atom. The first-order valence-corrected chi connectivity index (χ1v) is 9.57. The summed E-state index contributed by atoms with van der Waals surface area (Å²) < 4.78 is 29.1. The van der Waals surface area contributed by atoms with Gasteiger partial charge >= 0.3 is 0 Å². The fourth-order valence-electron chi connectivity index (χ4n) is 1.89. The van der Waals surface area contributed by atoms with E-state index in [0.717, 1.165) is 18.7 Å². The second kappa shape index (κ2) is 8.07. The molecule has 0 saturated carbocycles. The minimum absolute atomic E-state index is 0.349. The van der Waals surface area contributed by atoms with Crippen LogP contribution in [-0.4, -0.2) is 38.1 Å². The highest BCUT2D eigenvalue weighted by Gasteiger charge is 2.17. The topological polar surface area (TPSA) is 63.1 Å². The first-order chi connectivity index (χ1) is 9.44. The molecule has 0 bridgehead atoms. The maximum atomic E-state index is 12.2. The third kappa shape index (κ3) is 4.80. The number of hydrogen-bond donors (Lipinski definition) is 2. The monoisotopic (exact) mass is 319 g/mol.